The van der Waals surface area contributed by atoms with Crippen molar-refractivity contribution in [1.82, 2.24) is 0 Å². The highest BCUT2D eigenvalue weighted by Gasteiger charge is 2.34. The fraction of sp³-hybridized carbons (Fsp3) is 0.276. The lowest BCUT2D eigenvalue weighted by atomic mass is 10.1. The van der Waals surface area contributed by atoms with Gasteiger partial charge < -0.3 is 24.2 Å². The Bertz CT molecular complexity index is 1160. The van der Waals surface area contributed by atoms with Crippen molar-refractivity contribution in [3.8, 4) is 0 Å². The van der Waals surface area contributed by atoms with Gasteiger partial charge in [0.25, 0.3) is 0 Å². The molecule has 37 heavy (non-hydrogen) atoms. The molecule has 0 aliphatic rings. The lowest BCUT2D eigenvalue weighted by Crippen LogP contribution is -2.46. The average Bonchev–Trinajstić information content (AvgIpc) is 2.92. The van der Waals surface area contributed by atoms with Crippen molar-refractivity contribution >= 4 is 18.2 Å². The zero-order valence-electron chi connectivity index (χ0n) is 21.1. The molecule has 0 aliphatic carbocycles. The van der Waals surface area contributed by atoms with E-state index in [1.54, 1.807) is 48.5 Å². The van der Waals surface area contributed by atoms with Gasteiger partial charge in [0, 0.05) is 0 Å². The molecule has 0 unspecified atom stereocenters. The van der Waals surface area contributed by atoms with Crippen molar-refractivity contribution in [2.45, 2.75) is 38.8 Å². The van der Waals surface area contributed by atoms with Crippen LogP contribution in [0.4, 0.5) is 0 Å². The summed E-state index contributed by atoms with van der Waals surface area (Å²) in [7, 11) is 1.36. The van der Waals surface area contributed by atoms with Crippen LogP contribution < -0.4 is 0 Å². The van der Waals surface area contributed by atoms with Gasteiger partial charge in [-0.1, -0.05) is 70.9 Å². The largest absolute Gasteiger partial charge is 0.459 e. The van der Waals surface area contributed by atoms with Gasteiger partial charge in [-0.3, -0.25) is 0 Å². The van der Waals surface area contributed by atoms with Crippen molar-refractivity contribution in [2.24, 2.45) is 5.16 Å². The Morgan fingerprint density at radius 3 is 2.00 bits per heavy atom. The number of ether oxygens (including phenoxy) is 3. The molecule has 0 saturated heterocycles. The number of carbonyl (C=O) groups excluding carboxylic acids is 2. The zero-order valence-corrected chi connectivity index (χ0v) is 21.1. The first-order valence-electron chi connectivity index (χ1n) is 11.8. The van der Waals surface area contributed by atoms with Crippen LogP contribution in [0.25, 0.3) is 0 Å². The molecule has 0 saturated carbocycles. The van der Waals surface area contributed by atoms with E-state index < -0.39 is 36.9 Å². The van der Waals surface area contributed by atoms with E-state index in [1.807, 2.05) is 44.2 Å². The van der Waals surface area contributed by atoms with Crippen LogP contribution in [-0.4, -0.2) is 55.3 Å². The molecule has 8 nitrogen and oxygen atoms in total. The molecule has 0 aliphatic heterocycles. The molecule has 8 heteroatoms. The molecule has 0 bridgehead atoms. The van der Waals surface area contributed by atoms with E-state index in [1.165, 1.54) is 13.3 Å². The lowest BCUT2D eigenvalue weighted by Gasteiger charge is -2.28. The first-order valence-corrected chi connectivity index (χ1v) is 11.8. The van der Waals surface area contributed by atoms with Crippen LogP contribution in [0, 0.1) is 13.8 Å². The number of oxime groups is 1. The van der Waals surface area contributed by atoms with Crippen molar-refractivity contribution in [2.75, 3.05) is 13.7 Å². The van der Waals surface area contributed by atoms with Crippen LogP contribution in [0.15, 0.2) is 84.0 Å². The summed E-state index contributed by atoms with van der Waals surface area (Å²) in [5.74, 6) is -1.29. The molecule has 3 aromatic rings. The van der Waals surface area contributed by atoms with E-state index in [0.29, 0.717) is 11.1 Å². The minimum absolute atomic E-state index is 0.149. The summed E-state index contributed by atoms with van der Waals surface area (Å²) in [4.78, 5) is 30.2. The van der Waals surface area contributed by atoms with E-state index >= 15 is 0 Å². The number of carbonyl (C=O) groups is 2. The van der Waals surface area contributed by atoms with Gasteiger partial charge in [-0.15, -0.1) is 0 Å². The molecule has 3 rings (SSSR count). The van der Waals surface area contributed by atoms with E-state index in [9.17, 15) is 14.7 Å². The fourth-order valence-electron chi connectivity index (χ4n) is 3.38. The second-order valence-electron chi connectivity index (χ2n) is 8.47. The fourth-order valence-corrected chi connectivity index (χ4v) is 3.38. The van der Waals surface area contributed by atoms with Crippen molar-refractivity contribution in [3.05, 3.63) is 107 Å². The van der Waals surface area contributed by atoms with E-state index in [4.69, 9.17) is 19.0 Å². The maximum Gasteiger partial charge on any atom is 0.338 e. The van der Waals surface area contributed by atoms with Crippen LogP contribution >= 0.6 is 0 Å². The summed E-state index contributed by atoms with van der Waals surface area (Å²) in [5, 5.41) is 14.8. The van der Waals surface area contributed by atoms with Gasteiger partial charge in [0.15, 0.2) is 6.10 Å². The first kappa shape index (κ1) is 27.6. The Morgan fingerprint density at radius 1 is 0.865 bits per heavy atom. The number of benzene rings is 3. The van der Waals surface area contributed by atoms with Gasteiger partial charge in [-0.05, 0) is 43.7 Å². The number of aliphatic hydroxyl groups excluding tert-OH is 1. The zero-order chi connectivity index (χ0) is 26.6. The maximum atomic E-state index is 12.9. The molecular weight excluding hydrogens is 474 g/mol. The summed E-state index contributed by atoms with van der Waals surface area (Å²) in [6.07, 6.45) is -2.40. The summed E-state index contributed by atoms with van der Waals surface area (Å²) in [5.41, 5.74) is 3.47. The summed E-state index contributed by atoms with van der Waals surface area (Å²) in [6, 6.07) is 23.0. The molecule has 0 radical (unpaired) electrons. The third kappa shape index (κ3) is 8.56. The number of aliphatic hydroxyl groups is 1. The summed E-state index contributed by atoms with van der Waals surface area (Å²) < 4.78 is 17.0. The second kappa shape index (κ2) is 13.9. The molecule has 0 aromatic heterocycles. The number of esters is 2. The van der Waals surface area contributed by atoms with Gasteiger partial charge in [0.2, 0.25) is 0 Å². The van der Waals surface area contributed by atoms with Gasteiger partial charge >= 0.3 is 11.9 Å². The number of hydrogen-bond acceptors (Lipinski definition) is 8. The normalized spacial score (nSPS) is 13.5. The Morgan fingerprint density at radius 2 is 1.43 bits per heavy atom. The summed E-state index contributed by atoms with van der Waals surface area (Å²) in [6.45, 7) is 3.52. The molecule has 0 heterocycles. The summed E-state index contributed by atoms with van der Waals surface area (Å²) >= 11 is 0. The minimum atomic E-state index is -1.42. The highest BCUT2D eigenvalue weighted by Crippen LogP contribution is 2.16. The molecule has 3 atom stereocenters. The predicted octanol–water partition coefficient (Wildman–Crippen LogP) is 4.26. The molecule has 0 amide bonds. The Labute approximate surface area is 216 Å². The molecule has 0 spiro atoms. The Hall–Kier alpha value is -4.01. The van der Waals surface area contributed by atoms with Crippen LogP contribution in [0.3, 0.4) is 0 Å². The third-order valence-electron chi connectivity index (χ3n) is 5.50. The number of aryl methyl sites for hydroxylation is 2. The molecule has 194 valence electrons. The Kier molecular flexibility index (Phi) is 10.4. The standard InChI is InChI=1S/C29H31NO7/c1-20-9-13-23(14-10-20)28(32)36-19-25(31)27(37-29(33)24-15-11-21(2)12-16-24)26(17-30-34-3)35-18-22-7-5-4-6-8-22/h4-17,25-27,31H,18-19H2,1-3H3/t25-,26+,27+/m1/s1. The second-order valence-corrected chi connectivity index (χ2v) is 8.47. The first-order chi connectivity index (χ1) is 17.9. The third-order valence-corrected chi connectivity index (χ3v) is 5.50. The van der Waals surface area contributed by atoms with E-state index in [-0.39, 0.29) is 6.61 Å². The van der Waals surface area contributed by atoms with Crippen LogP contribution in [0.5, 0.6) is 0 Å². The highest BCUT2D eigenvalue weighted by atomic mass is 16.6. The van der Waals surface area contributed by atoms with Crippen molar-refractivity contribution in [1.29, 1.82) is 0 Å². The van der Waals surface area contributed by atoms with Crippen LogP contribution in [-0.2, 0) is 25.7 Å². The monoisotopic (exact) mass is 505 g/mol. The average molecular weight is 506 g/mol. The van der Waals surface area contributed by atoms with Gasteiger partial charge in [0.05, 0.1) is 23.9 Å². The van der Waals surface area contributed by atoms with Crippen molar-refractivity contribution in [3.63, 3.8) is 0 Å². The van der Waals surface area contributed by atoms with Crippen LogP contribution in [0.2, 0.25) is 0 Å². The number of rotatable bonds is 12. The topological polar surface area (TPSA) is 104 Å². The molecule has 0 fully saturated rings. The van der Waals surface area contributed by atoms with Crippen molar-refractivity contribution < 1.29 is 33.7 Å². The molecule has 1 N–H and O–H groups in total. The van der Waals surface area contributed by atoms with Crippen LogP contribution in [0.1, 0.15) is 37.4 Å². The molecular formula is C29H31NO7. The van der Waals surface area contributed by atoms with Gasteiger partial charge in [0.1, 0.15) is 25.9 Å². The minimum Gasteiger partial charge on any atom is -0.459 e. The number of nitrogens with zero attached hydrogens (tertiary/aromatic N) is 1. The Balaban J connectivity index is 1.79. The lowest BCUT2D eigenvalue weighted by molar-refractivity contribution is -0.0927. The molecule has 3 aromatic carbocycles. The van der Waals surface area contributed by atoms with E-state index in [0.717, 1.165) is 16.7 Å². The number of hydrogen-bond donors (Lipinski definition) is 1. The SMILES string of the molecule is CON=C[C@H](OCc1ccccc1)[C@@H](OC(=O)c1ccc(C)cc1)[C@H](O)COC(=O)c1ccc(C)cc1. The predicted molar refractivity (Wildman–Crippen MR) is 138 cm³/mol. The maximum absolute atomic E-state index is 12.9. The highest BCUT2D eigenvalue weighted by molar-refractivity contribution is 5.90. The van der Waals surface area contributed by atoms with Gasteiger partial charge in [-0.2, -0.15) is 0 Å². The quantitative estimate of drug-likeness (QED) is 0.223. The van der Waals surface area contributed by atoms with E-state index in [2.05, 4.69) is 5.16 Å². The van der Waals surface area contributed by atoms with Gasteiger partial charge in [-0.25, -0.2) is 9.59 Å². The smallest absolute Gasteiger partial charge is 0.338 e.